The lowest BCUT2D eigenvalue weighted by Gasteiger charge is -2.13. The molecule has 0 saturated carbocycles. The molecule has 0 aliphatic carbocycles. The van der Waals surface area contributed by atoms with Gasteiger partial charge in [-0.3, -0.25) is 14.5 Å². The molecule has 1 saturated heterocycles. The molecule has 2 rings (SSSR count). The van der Waals surface area contributed by atoms with Crippen LogP contribution in [0, 0.1) is 0 Å². The highest BCUT2D eigenvalue weighted by molar-refractivity contribution is 8.14. The van der Waals surface area contributed by atoms with Crippen LogP contribution >= 0.6 is 35.0 Å². The van der Waals surface area contributed by atoms with E-state index in [9.17, 15) is 9.59 Å². The summed E-state index contributed by atoms with van der Waals surface area (Å²) >= 11 is 12.7. The summed E-state index contributed by atoms with van der Waals surface area (Å²) in [5.74, 6) is 0.0327. The standard InChI is InChI=1S/C10H7Cl2NO2S/c11-7-2-1-6(8(12)3-7)4-13-9(14)5-16-10(13)15/h1-3H,4-5H2. The lowest BCUT2D eigenvalue weighted by molar-refractivity contribution is -0.125. The van der Waals surface area contributed by atoms with Crippen molar-refractivity contribution in [1.82, 2.24) is 4.90 Å². The van der Waals surface area contributed by atoms with Gasteiger partial charge >= 0.3 is 0 Å². The van der Waals surface area contributed by atoms with Gasteiger partial charge in [0.05, 0.1) is 12.3 Å². The predicted molar refractivity (Wildman–Crippen MR) is 64.9 cm³/mol. The number of carbonyl (C=O) groups excluding carboxylic acids is 2. The van der Waals surface area contributed by atoms with Crippen molar-refractivity contribution in [2.45, 2.75) is 6.54 Å². The Morgan fingerprint density at radius 3 is 2.62 bits per heavy atom. The van der Waals surface area contributed by atoms with Crippen LogP contribution in [0.2, 0.25) is 10.0 Å². The van der Waals surface area contributed by atoms with Gasteiger partial charge in [0, 0.05) is 10.0 Å². The first-order valence-corrected chi connectivity index (χ1v) is 6.23. The Labute approximate surface area is 107 Å². The molecular weight excluding hydrogens is 269 g/mol. The molecule has 3 nitrogen and oxygen atoms in total. The Morgan fingerprint density at radius 2 is 2.06 bits per heavy atom. The molecule has 0 unspecified atom stereocenters. The van der Waals surface area contributed by atoms with Crippen LogP contribution in [-0.4, -0.2) is 21.8 Å². The molecule has 0 bridgehead atoms. The topological polar surface area (TPSA) is 37.4 Å². The average molecular weight is 276 g/mol. The molecule has 6 heteroatoms. The van der Waals surface area contributed by atoms with Crippen molar-refractivity contribution in [3.8, 4) is 0 Å². The number of halogens is 2. The van der Waals surface area contributed by atoms with E-state index >= 15 is 0 Å². The summed E-state index contributed by atoms with van der Waals surface area (Å²) in [5.41, 5.74) is 0.718. The monoisotopic (exact) mass is 275 g/mol. The third kappa shape index (κ3) is 2.34. The number of benzene rings is 1. The summed E-state index contributed by atoms with van der Waals surface area (Å²) in [5, 5.41) is 0.767. The molecule has 2 amide bonds. The zero-order valence-corrected chi connectivity index (χ0v) is 10.4. The normalized spacial score (nSPS) is 16.0. The molecule has 0 spiro atoms. The van der Waals surface area contributed by atoms with Gasteiger partial charge in [-0.05, 0) is 17.7 Å². The number of thioether (sulfide) groups is 1. The fourth-order valence-electron chi connectivity index (χ4n) is 1.35. The van der Waals surface area contributed by atoms with E-state index in [4.69, 9.17) is 23.2 Å². The molecule has 1 aliphatic rings. The second-order valence-electron chi connectivity index (χ2n) is 3.27. The number of carbonyl (C=O) groups is 2. The van der Waals surface area contributed by atoms with Gasteiger partial charge in [0.2, 0.25) is 5.91 Å². The SMILES string of the molecule is O=C1CSC(=O)N1Cc1ccc(Cl)cc1Cl. The van der Waals surface area contributed by atoms with Crippen LogP contribution in [0.15, 0.2) is 18.2 Å². The molecule has 1 aromatic rings. The minimum atomic E-state index is -0.226. The number of rotatable bonds is 2. The van der Waals surface area contributed by atoms with Crippen molar-refractivity contribution in [1.29, 1.82) is 0 Å². The zero-order chi connectivity index (χ0) is 11.7. The number of nitrogens with zero attached hydrogens (tertiary/aromatic N) is 1. The molecule has 1 aromatic carbocycles. The highest BCUT2D eigenvalue weighted by atomic mass is 35.5. The number of hydrogen-bond donors (Lipinski definition) is 0. The molecule has 1 aliphatic heterocycles. The van der Waals surface area contributed by atoms with Gasteiger partial charge in [-0.15, -0.1) is 0 Å². The Bertz CT molecular complexity index is 448. The maximum absolute atomic E-state index is 11.4. The zero-order valence-electron chi connectivity index (χ0n) is 8.07. The maximum atomic E-state index is 11.4. The number of imide groups is 1. The first-order chi connectivity index (χ1) is 7.58. The fraction of sp³-hybridized carbons (Fsp3) is 0.200. The molecule has 0 radical (unpaired) electrons. The van der Waals surface area contributed by atoms with E-state index in [1.54, 1.807) is 18.2 Å². The van der Waals surface area contributed by atoms with Crippen molar-refractivity contribution in [2.75, 3.05) is 5.75 Å². The van der Waals surface area contributed by atoms with Crippen molar-refractivity contribution in [3.63, 3.8) is 0 Å². The average Bonchev–Trinajstić information content (AvgIpc) is 2.53. The Morgan fingerprint density at radius 1 is 1.31 bits per heavy atom. The minimum Gasteiger partial charge on any atom is -0.273 e. The first kappa shape index (κ1) is 11.8. The second kappa shape index (κ2) is 4.65. The van der Waals surface area contributed by atoms with Gasteiger partial charge in [0.1, 0.15) is 0 Å². The van der Waals surface area contributed by atoms with Gasteiger partial charge in [0.25, 0.3) is 5.24 Å². The van der Waals surface area contributed by atoms with Crippen molar-refractivity contribution in [2.24, 2.45) is 0 Å². The summed E-state index contributed by atoms with van der Waals surface area (Å²) in [6, 6.07) is 4.99. The molecule has 0 atom stereocenters. The third-order valence-corrected chi connectivity index (χ3v) is 3.63. The highest BCUT2D eigenvalue weighted by Crippen LogP contribution is 2.26. The molecular formula is C10H7Cl2NO2S. The molecule has 1 heterocycles. The van der Waals surface area contributed by atoms with Gasteiger partial charge in [0.15, 0.2) is 0 Å². The predicted octanol–water partition coefficient (Wildman–Crippen LogP) is 3.19. The molecule has 1 fully saturated rings. The van der Waals surface area contributed by atoms with E-state index in [1.807, 2.05) is 0 Å². The maximum Gasteiger partial charge on any atom is 0.289 e. The second-order valence-corrected chi connectivity index (χ2v) is 5.04. The van der Waals surface area contributed by atoms with E-state index < -0.39 is 0 Å². The molecule has 16 heavy (non-hydrogen) atoms. The Hall–Kier alpha value is -0.710. The van der Waals surface area contributed by atoms with E-state index in [0.29, 0.717) is 10.0 Å². The van der Waals surface area contributed by atoms with Gasteiger partial charge in [-0.25, -0.2) is 0 Å². The minimum absolute atomic E-state index is 0.180. The molecule has 0 N–H and O–H groups in total. The summed E-state index contributed by atoms with van der Waals surface area (Å²) in [6.07, 6.45) is 0. The van der Waals surface area contributed by atoms with E-state index in [0.717, 1.165) is 17.3 Å². The van der Waals surface area contributed by atoms with Crippen LogP contribution < -0.4 is 0 Å². The molecule has 0 aromatic heterocycles. The van der Waals surface area contributed by atoms with Crippen LogP contribution in [0.1, 0.15) is 5.56 Å². The van der Waals surface area contributed by atoms with Crippen molar-refractivity contribution >= 4 is 46.1 Å². The van der Waals surface area contributed by atoms with Gasteiger partial charge < -0.3 is 0 Å². The number of hydrogen-bond acceptors (Lipinski definition) is 3. The Kier molecular flexibility index (Phi) is 3.42. The molecule has 84 valence electrons. The van der Waals surface area contributed by atoms with Crippen LogP contribution in [-0.2, 0) is 11.3 Å². The van der Waals surface area contributed by atoms with Gasteiger partial charge in [-0.2, -0.15) is 0 Å². The van der Waals surface area contributed by atoms with Crippen molar-refractivity contribution in [3.05, 3.63) is 33.8 Å². The lowest BCUT2D eigenvalue weighted by atomic mass is 10.2. The van der Waals surface area contributed by atoms with Crippen LogP contribution in [0.5, 0.6) is 0 Å². The van der Waals surface area contributed by atoms with Crippen LogP contribution in [0.25, 0.3) is 0 Å². The number of amides is 2. The van der Waals surface area contributed by atoms with E-state index in [-0.39, 0.29) is 23.4 Å². The lowest BCUT2D eigenvalue weighted by Crippen LogP contribution is -2.28. The largest absolute Gasteiger partial charge is 0.289 e. The fourth-order valence-corrected chi connectivity index (χ4v) is 2.55. The third-order valence-electron chi connectivity index (χ3n) is 2.18. The summed E-state index contributed by atoms with van der Waals surface area (Å²) in [4.78, 5) is 23.9. The summed E-state index contributed by atoms with van der Waals surface area (Å²) in [6.45, 7) is 0.209. The summed E-state index contributed by atoms with van der Waals surface area (Å²) < 4.78 is 0. The van der Waals surface area contributed by atoms with Crippen LogP contribution in [0.4, 0.5) is 4.79 Å². The summed E-state index contributed by atoms with van der Waals surface area (Å²) in [7, 11) is 0. The van der Waals surface area contributed by atoms with E-state index in [1.165, 1.54) is 4.90 Å². The van der Waals surface area contributed by atoms with Gasteiger partial charge in [-0.1, -0.05) is 41.0 Å². The Balaban J connectivity index is 2.20. The highest BCUT2D eigenvalue weighted by Gasteiger charge is 2.30. The first-order valence-electron chi connectivity index (χ1n) is 4.49. The van der Waals surface area contributed by atoms with E-state index in [2.05, 4.69) is 0 Å². The van der Waals surface area contributed by atoms with Crippen molar-refractivity contribution < 1.29 is 9.59 Å². The van der Waals surface area contributed by atoms with Crippen LogP contribution in [0.3, 0.4) is 0 Å². The smallest absolute Gasteiger partial charge is 0.273 e. The quantitative estimate of drug-likeness (QED) is 0.832.